The lowest BCUT2D eigenvalue weighted by Gasteiger charge is -2.28. The van der Waals surface area contributed by atoms with Gasteiger partial charge in [-0.3, -0.25) is 9.10 Å². The Kier molecular flexibility index (Phi) is 6.64. The maximum Gasteiger partial charge on any atom is 0.338 e. The smallest absolute Gasteiger partial charge is 0.338 e. The number of sulfonamides is 1. The van der Waals surface area contributed by atoms with Gasteiger partial charge in [0.2, 0.25) is 10.0 Å². The van der Waals surface area contributed by atoms with E-state index in [4.69, 9.17) is 4.74 Å². The molecule has 2 aromatic carbocycles. The van der Waals surface area contributed by atoms with Crippen LogP contribution in [0.25, 0.3) is 0 Å². The lowest BCUT2D eigenvalue weighted by atomic mass is 10.1. The van der Waals surface area contributed by atoms with Gasteiger partial charge in [-0.25, -0.2) is 13.2 Å². The summed E-state index contributed by atoms with van der Waals surface area (Å²) in [4.78, 5) is 26.9. The Hall–Kier alpha value is -3.07. The van der Waals surface area contributed by atoms with Crippen LogP contribution in [-0.2, 0) is 19.6 Å². The standard InChI is InChI=1S/C23H27N3O5S/c27-22(24-19-8-10-20(11-9-19)25-12-2-1-3-13-25)17-31-23(28)18-6-4-7-21(16-18)26-14-5-15-32(26,29)30/h4,6-11,16H,1-3,5,12-15,17H2,(H,24,27). The van der Waals surface area contributed by atoms with Gasteiger partial charge in [0.1, 0.15) is 0 Å². The Morgan fingerprint density at radius 2 is 1.66 bits per heavy atom. The summed E-state index contributed by atoms with van der Waals surface area (Å²) < 4.78 is 30.6. The molecule has 0 saturated carbocycles. The Bertz CT molecular complexity index is 1080. The van der Waals surface area contributed by atoms with Crippen LogP contribution in [0, 0.1) is 0 Å². The summed E-state index contributed by atoms with van der Waals surface area (Å²) in [5.41, 5.74) is 2.39. The lowest BCUT2D eigenvalue weighted by molar-refractivity contribution is -0.119. The summed E-state index contributed by atoms with van der Waals surface area (Å²) in [5, 5.41) is 2.72. The molecule has 0 aliphatic carbocycles. The summed E-state index contributed by atoms with van der Waals surface area (Å²) in [5.74, 6) is -1.03. The fourth-order valence-corrected chi connectivity index (χ4v) is 5.59. The summed E-state index contributed by atoms with van der Waals surface area (Å²) in [6.07, 6.45) is 4.21. The number of nitrogens with one attached hydrogen (secondary N) is 1. The molecule has 0 atom stereocenters. The van der Waals surface area contributed by atoms with Crippen LogP contribution in [0.3, 0.4) is 0 Å². The van der Waals surface area contributed by atoms with Crippen LogP contribution in [-0.4, -0.2) is 52.3 Å². The van der Waals surface area contributed by atoms with E-state index in [0.717, 1.165) is 18.8 Å². The fraction of sp³-hybridized carbons (Fsp3) is 0.391. The molecule has 0 bridgehead atoms. The summed E-state index contributed by atoms with van der Waals surface area (Å²) in [6, 6.07) is 13.9. The van der Waals surface area contributed by atoms with Gasteiger partial charge < -0.3 is 15.0 Å². The molecule has 170 valence electrons. The van der Waals surface area contributed by atoms with Gasteiger partial charge in [-0.15, -0.1) is 0 Å². The van der Waals surface area contributed by atoms with E-state index >= 15 is 0 Å². The molecule has 2 aromatic rings. The monoisotopic (exact) mass is 457 g/mol. The van der Waals surface area contributed by atoms with Crippen molar-refractivity contribution in [1.82, 2.24) is 0 Å². The summed E-state index contributed by atoms with van der Waals surface area (Å²) in [7, 11) is -3.34. The van der Waals surface area contributed by atoms with Gasteiger partial charge in [0.25, 0.3) is 5.91 Å². The fourth-order valence-electron chi connectivity index (χ4n) is 4.04. The average molecular weight is 458 g/mol. The first kappa shape index (κ1) is 22.1. The minimum atomic E-state index is -3.34. The first-order valence-electron chi connectivity index (χ1n) is 10.8. The zero-order chi connectivity index (χ0) is 22.6. The van der Waals surface area contributed by atoms with Gasteiger partial charge in [-0.1, -0.05) is 6.07 Å². The molecule has 0 radical (unpaired) electrons. The van der Waals surface area contributed by atoms with Crippen molar-refractivity contribution in [2.45, 2.75) is 25.7 Å². The molecule has 2 fully saturated rings. The number of amides is 1. The van der Waals surface area contributed by atoms with Crippen LogP contribution in [0.4, 0.5) is 17.1 Å². The Balaban J connectivity index is 1.30. The van der Waals surface area contributed by atoms with Crippen LogP contribution in [0.2, 0.25) is 0 Å². The van der Waals surface area contributed by atoms with Crippen molar-refractivity contribution in [3.63, 3.8) is 0 Å². The Morgan fingerprint density at radius 3 is 2.34 bits per heavy atom. The van der Waals surface area contributed by atoms with Crippen LogP contribution >= 0.6 is 0 Å². The molecule has 32 heavy (non-hydrogen) atoms. The number of hydrogen-bond acceptors (Lipinski definition) is 6. The maximum atomic E-state index is 12.4. The quantitative estimate of drug-likeness (QED) is 0.670. The average Bonchev–Trinajstić information content (AvgIpc) is 3.17. The first-order chi connectivity index (χ1) is 15.4. The molecule has 9 heteroatoms. The number of rotatable bonds is 6. The van der Waals surface area contributed by atoms with Gasteiger partial charge in [0.15, 0.2) is 6.61 Å². The molecular weight excluding hydrogens is 430 g/mol. The number of nitrogens with zero attached hydrogens (tertiary/aromatic N) is 2. The van der Waals surface area contributed by atoms with Crippen molar-refractivity contribution >= 4 is 39.0 Å². The zero-order valence-electron chi connectivity index (χ0n) is 17.8. The van der Waals surface area contributed by atoms with E-state index in [1.165, 1.54) is 35.7 Å². The SMILES string of the molecule is O=C(COC(=O)c1cccc(N2CCCS2(=O)=O)c1)Nc1ccc(N2CCCCC2)cc1. The van der Waals surface area contributed by atoms with Gasteiger partial charge in [0.05, 0.1) is 17.0 Å². The molecule has 0 unspecified atom stereocenters. The predicted octanol–water partition coefficient (Wildman–Crippen LogP) is 3.01. The molecule has 1 N–H and O–H groups in total. The molecule has 2 heterocycles. The number of ether oxygens (including phenoxy) is 1. The van der Waals surface area contributed by atoms with Gasteiger partial charge in [-0.2, -0.15) is 0 Å². The van der Waals surface area contributed by atoms with E-state index in [1.54, 1.807) is 12.1 Å². The second kappa shape index (κ2) is 9.60. The summed E-state index contributed by atoms with van der Waals surface area (Å²) >= 11 is 0. The predicted molar refractivity (Wildman–Crippen MR) is 124 cm³/mol. The number of benzene rings is 2. The van der Waals surface area contributed by atoms with Crippen molar-refractivity contribution < 1.29 is 22.7 Å². The van der Waals surface area contributed by atoms with Gasteiger partial charge >= 0.3 is 5.97 Å². The number of carbonyl (C=O) groups excluding carboxylic acids is 2. The molecule has 4 rings (SSSR count). The van der Waals surface area contributed by atoms with Crippen LogP contribution < -0.4 is 14.5 Å². The third-order valence-corrected chi connectivity index (χ3v) is 7.55. The normalized spacial score (nSPS) is 17.8. The second-order valence-electron chi connectivity index (χ2n) is 8.01. The van der Waals surface area contributed by atoms with Crippen LogP contribution in [0.15, 0.2) is 48.5 Å². The minimum Gasteiger partial charge on any atom is -0.452 e. The number of anilines is 3. The Morgan fingerprint density at radius 1 is 0.906 bits per heavy atom. The molecule has 8 nitrogen and oxygen atoms in total. The highest BCUT2D eigenvalue weighted by Gasteiger charge is 2.28. The van der Waals surface area contributed by atoms with E-state index in [0.29, 0.717) is 24.3 Å². The van der Waals surface area contributed by atoms with Crippen LogP contribution in [0.1, 0.15) is 36.0 Å². The Labute approximate surface area is 188 Å². The van der Waals surface area contributed by atoms with Crippen molar-refractivity contribution in [2.24, 2.45) is 0 Å². The number of esters is 1. The first-order valence-corrected chi connectivity index (χ1v) is 12.5. The van der Waals surface area contributed by atoms with Crippen molar-refractivity contribution in [2.75, 3.05) is 46.5 Å². The van der Waals surface area contributed by atoms with Crippen molar-refractivity contribution in [3.8, 4) is 0 Å². The third-order valence-electron chi connectivity index (χ3n) is 5.68. The molecule has 2 aliphatic heterocycles. The zero-order valence-corrected chi connectivity index (χ0v) is 18.6. The molecule has 0 aromatic heterocycles. The molecule has 0 spiro atoms. The highest BCUT2D eigenvalue weighted by atomic mass is 32.2. The molecular formula is C23H27N3O5S. The van der Waals surface area contributed by atoms with E-state index in [2.05, 4.69) is 10.2 Å². The van der Waals surface area contributed by atoms with Gasteiger partial charge in [-0.05, 0) is 68.1 Å². The topological polar surface area (TPSA) is 96.0 Å². The van der Waals surface area contributed by atoms with Crippen molar-refractivity contribution in [1.29, 1.82) is 0 Å². The van der Waals surface area contributed by atoms with Crippen molar-refractivity contribution in [3.05, 3.63) is 54.1 Å². The third kappa shape index (κ3) is 5.21. The largest absolute Gasteiger partial charge is 0.452 e. The number of hydrogen-bond donors (Lipinski definition) is 1. The highest BCUT2D eigenvalue weighted by Crippen LogP contribution is 2.25. The summed E-state index contributed by atoms with van der Waals surface area (Å²) in [6.45, 7) is 2.05. The molecule has 2 saturated heterocycles. The minimum absolute atomic E-state index is 0.0981. The van der Waals surface area contributed by atoms with Crippen LogP contribution in [0.5, 0.6) is 0 Å². The lowest BCUT2D eigenvalue weighted by Crippen LogP contribution is -2.29. The van der Waals surface area contributed by atoms with Gasteiger partial charge in [0, 0.05) is 31.0 Å². The van der Waals surface area contributed by atoms with E-state index in [1.807, 2.05) is 24.3 Å². The maximum absolute atomic E-state index is 12.4. The number of carbonyl (C=O) groups is 2. The highest BCUT2D eigenvalue weighted by molar-refractivity contribution is 7.93. The second-order valence-corrected chi connectivity index (χ2v) is 10.0. The molecule has 1 amide bonds. The van der Waals surface area contributed by atoms with E-state index in [-0.39, 0.29) is 11.3 Å². The van der Waals surface area contributed by atoms with E-state index < -0.39 is 28.5 Å². The molecule has 2 aliphatic rings. The number of piperidine rings is 1. The van der Waals surface area contributed by atoms with E-state index in [9.17, 15) is 18.0 Å².